The van der Waals surface area contributed by atoms with Gasteiger partial charge in [-0.15, -0.1) is 0 Å². The molecule has 0 aliphatic rings. The Hall–Kier alpha value is -2.71. The van der Waals surface area contributed by atoms with Gasteiger partial charge in [-0.2, -0.15) is 0 Å². The van der Waals surface area contributed by atoms with Crippen molar-refractivity contribution in [2.24, 2.45) is 14.1 Å². The van der Waals surface area contributed by atoms with E-state index in [9.17, 15) is 19.7 Å². The topological polar surface area (TPSA) is 105 Å². The second-order valence-electron chi connectivity index (χ2n) is 5.07. The lowest BCUT2D eigenvalue weighted by atomic mass is 10.2. The van der Waals surface area contributed by atoms with Crippen molar-refractivity contribution in [2.75, 3.05) is 0 Å². The molecule has 118 valence electrons. The van der Waals surface area contributed by atoms with E-state index in [0.29, 0.717) is 24.0 Å². The van der Waals surface area contributed by atoms with Crippen LogP contribution in [0.2, 0.25) is 0 Å². The number of fused-ring (bicyclic) bond motifs is 1. The van der Waals surface area contributed by atoms with Crippen molar-refractivity contribution in [3.63, 3.8) is 0 Å². The molecule has 0 saturated heterocycles. The fourth-order valence-corrected chi connectivity index (χ4v) is 2.23. The standard InChI is InChI=1S/C13H17N5O4/c1-9(18(21)22)6-4-5-7-17-12(19)10-11(14-8-15(10)2)16(3)13(17)20/h6,8H,4-5,7H2,1-3H3. The summed E-state index contributed by atoms with van der Waals surface area (Å²) in [6.45, 7) is 1.61. The van der Waals surface area contributed by atoms with E-state index in [2.05, 4.69) is 4.98 Å². The van der Waals surface area contributed by atoms with Crippen molar-refractivity contribution in [2.45, 2.75) is 26.3 Å². The number of aryl methyl sites for hydroxylation is 2. The number of aromatic nitrogens is 4. The first-order valence-corrected chi connectivity index (χ1v) is 6.76. The zero-order valence-corrected chi connectivity index (χ0v) is 12.6. The lowest BCUT2D eigenvalue weighted by Crippen LogP contribution is -2.39. The molecule has 2 rings (SSSR count). The maximum absolute atomic E-state index is 12.4. The van der Waals surface area contributed by atoms with E-state index >= 15 is 0 Å². The van der Waals surface area contributed by atoms with E-state index in [-0.39, 0.29) is 12.2 Å². The highest BCUT2D eigenvalue weighted by Gasteiger charge is 2.14. The van der Waals surface area contributed by atoms with Gasteiger partial charge in [0.2, 0.25) is 5.70 Å². The number of unbranched alkanes of at least 4 members (excludes halogenated alkanes) is 1. The number of allylic oxidation sites excluding steroid dienone is 2. The Balaban J connectivity index is 2.31. The Kier molecular flexibility index (Phi) is 4.25. The number of nitrogens with zero attached hydrogens (tertiary/aromatic N) is 5. The lowest BCUT2D eigenvalue weighted by molar-refractivity contribution is -0.424. The van der Waals surface area contributed by atoms with Gasteiger partial charge < -0.3 is 4.57 Å². The van der Waals surface area contributed by atoms with Gasteiger partial charge in [0.25, 0.3) is 5.56 Å². The highest BCUT2D eigenvalue weighted by molar-refractivity contribution is 5.69. The Morgan fingerprint density at radius 2 is 2.09 bits per heavy atom. The maximum atomic E-state index is 12.4. The fraction of sp³-hybridized carbons (Fsp3) is 0.462. The molecular formula is C13H17N5O4. The van der Waals surface area contributed by atoms with Crippen LogP contribution in [0.15, 0.2) is 27.7 Å². The number of hydrogen-bond acceptors (Lipinski definition) is 5. The summed E-state index contributed by atoms with van der Waals surface area (Å²) < 4.78 is 4.04. The Morgan fingerprint density at radius 1 is 1.41 bits per heavy atom. The maximum Gasteiger partial charge on any atom is 0.332 e. The summed E-state index contributed by atoms with van der Waals surface area (Å²) in [6.07, 6.45) is 3.85. The molecule has 2 aromatic heterocycles. The zero-order chi connectivity index (χ0) is 16.4. The van der Waals surface area contributed by atoms with E-state index in [1.807, 2.05) is 0 Å². The first-order valence-electron chi connectivity index (χ1n) is 6.76. The summed E-state index contributed by atoms with van der Waals surface area (Å²) in [5, 5.41) is 10.5. The van der Waals surface area contributed by atoms with E-state index in [4.69, 9.17) is 0 Å². The molecule has 0 aromatic carbocycles. The van der Waals surface area contributed by atoms with Crippen LogP contribution >= 0.6 is 0 Å². The molecule has 0 atom stereocenters. The molecule has 0 radical (unpaired) electrons. The summed E-state index contributed by atoms with van der Waals surface area (Å²) in [7, 11) is 3.25. The third-order valence-electron chi connectivity index (χ3n) is 3.51. The number of rotatable bonds is 5. The van der Waals surface area contributed by atoms with Crippen molar-refractivity contribution < 1.29 is 4.92 Å². The Bertz CT molecular complexity index is 871. The third-order valence-corrected chi connectivity index (χ3v) is 3.51. The quantitative estimate of drug-likeness (QED) is 0.451. The van der Waals surface area contributed by atoms with Crippen molar-refractivity contribution in [3.05, 3.63) is 49.1 Å². The van der Waals surface area contributed by atoms with Gasteiger partial charge in [0.15, 0.2) is 11.2 Å². The molecule has 2 heterocycles. The van der Waals surface area contributed by atoms with E-state index in [1.54, 1.807) is 18.7 Å². The lowest BCUT2D eigenvalue weighted by Gasteiger charge is -2.07. The van der Waals surface area contributed by atoms with Crippen LogP contribution in [0.3, 0.4) is 0 Å². The minimum absolute atomic E-state index is 0.0577. The van der Waals surface area contributed by atoms with Gasteiger partial charge in [-0.1, -0.05) is 0 Å². The predicted molar refractivity (Wildman–Crippen MR) is 80.2 cm³/mol. The molecule has 0 bridgehead atoms. The molecule has 22 heavy (non-hydrogen) atoms. The average Bonchev–Trinajstić information content (AvgIpc) is 2.85. The second-order valence-corrected chi connectivity index (χ2v) is 5.07. The van der Waals surface area contributed by atoms with Crippen LogP contribution in [0.4, 0.5) is 0 Å². The number of nitro groups is 1. The number of imidazole rings is 1. The summed E-state index contributed by atoms with van der Waals surface area (Å²) in [5.74, 6) is 0. The second kappa shape index (κ2) is 5.96. The smallest absolute Gasteiger partial charge is 0.328 e. The zero-order valence-electron chi connectivity index (χ0n) is 12.6. The van der Waals surface area contributed by atoms with Crippen molar-refractivity contribution in [3.8, 4) is 0 Å². The van der Waals surface area contributed by atoms with Crippen molar-refractivity contribution in [1.82, 2.24) is 18.7 Å². The van der Waals surface area contributed by atoms with Gasteiger partial charge >= 0.3 is 5.69 Å². The van der Waals surface area contributed by atoms with Gasteiger partial charge in [0, 0.05) is 27.6 Å². The fourth-order valence-electron chi connectivity index (χ4n) is 2.23. The highest BCUT2D eigenvalue weighted by Crippen LogP contribution is 2.04. The largest absolute Gasteiger partial charge is 0.332 e. The molecule has 0 unspecified atom stereocenters. The summed E-state index contributed by atoms with van der Waals surface area (Å²) >= 11 is 0. The van der Waals surface area contributed by atoms with E-state index in [1.165, 1.54) is 23.9 Å². The molecule has 0 aliphatic carbocycles. The average molecular weight is 307 g/mol. The van der Waals surface area contributed by atoms with Crippen molar-refractivity contribution in [1.29, 1.82) is 0 Å². The van der Waals surface area contributed by atoms with Gasteiger partial charge in [-0.05, 0) is 18.9 Å². The minimum Gasteiger partial charge on any atom is -0.328 e. The highest BCUT2D eigenvalue weighted by atomic mass is 16.6. The first-order chi connectivity index (χ1) is 10.3. The number of hydrogen-bond donors (Lipinski definition) is 0. The normalized spacial score (nSPS) is 12.0. The molecule has 0 fully saturated rings. The molecule has 2 aromatic rings. The molecule has 0 N–H and O–H groups in total. The van der Waals surface area contributed by atoms with Crippen LogP contribution in [0.1, 0.15) is 19.8 Å². The van der Waals surface area contributed by atoms with Crippen LogP contribution in [-0.2, 0) is 20.6 Å². The molecular weight excluding hydrogens is 290 g/mol. The minimum atomic E-state index is -0.465. The van der Waals surface area contributed by atoms with E-state index < -0.39 is 16.2 Å². The summed E-state index contributed by atoms with van der Waals surface area (Å²) in [5.41, 5.74) is -0.0708. The van der Waals surface area contributed by atoms with Gasteiger partial charge in [0.05, 0.1) is 11.3 Å². The van der Waals surface area contributed by atoms with Crippen LogP contribution in [0.5, 0.6) is 0 Å². The van der Waals surface area contributed by atoms with E-state index in [0.717, 1.165) is 4.57 Å². The molecule has 0 saturated carbocycles. The Labute approximate surface area is 125 Å². The SMILES string of the molecule is CC(=CCCCn1c(=O)c2c(ncn2C)n(C)c1=O)[N+](=O)[O-]. The molecule has 0 aliphatic heterocycles. The summed E-state index contributed by atoms with van der Waals surface area (Å²) in [4.78, 5) is 38.7. The van der Waals surface area contributed by atoms with Crippen molar-refractivity contribution >= 4 is 11.2 Å². The predicted octanol–water partition coefficient (Wildman–Crippen LogP) is 0.394. The van der Waals surface area contributed by atoms with Crippen LogP contribution in [0.25, 0.3) is 11.2 Å². The third kappa shape index (κ3) is 2.69. The first kappa shape index (κ1) is 15.7. The van der Waals surface area contributed by atoms with Crippen LogP contribution in [-0.4, -0.2) is 23.6 Å². The van der Waals surface area contributed by atoms with Gasteiger partial charge in [-0.25, -0.2) is 9.78 Å². The molecule has 0 spiro atoms. The molecule has 9 nitrogen and oxygen atoms in total. The molecule has 9 heteroatoms. The van der Waals surface area contributed by atoms with Crippen LogP contribution in [0, 0.1) is 10.1 Å². The van der Waals surface area contributed by atoms with Gasteiger partial charge in [0.1, 0.15) is 0 Å². The van der Waals surface area contributed by atoms with Crippen LogP contribution < -0.4 is 11.2 Å². The Morgan fingerprint density at radius 3 is 2.73 bits per heavy atom. The molecule has 0 amide bonds. The van der Waals surface area contributed by atoms with Gasteiger partial charge in [-0.3, -0.25) is 24.0 Å². The summed E-state index contributed by atoms with van der Waals surface area (Å²) in [6, 6.07) is 0. The monoisotopic (exact) mass is 307 g/mol.